The zero-order chi connectivity index (χ0) is 13.4. The van der Waals surface area contributed by atoms with Gasteiger partial charge in [-0.2, -0.15) is 5.10 Å². The summed E-state index contributed by atoms with van der Waals surface area (Å²) >= 11 is 0. The number of carbonyl (C=O) groups is 1. The highest BCUT2D eigenvalue weighted by atomic mass is 16.5. The Balaban J connectivity index is 2.05. The van der Waals surface area contributed by atoms with Crippen molar-refractivity contribution in [1.82, 2.24) is 9.78 Å². The van der Waals surface area contributed by atoms with Crippen LogP contribution in [-0.2, 0) is 16.6 Å². The molecule has 1 aromatic heterocycles. The molecule has 1 N–H and O–H groups in total. The third-order valence-corrected chi connectivity index (χ3v) is 2.69. The first-order valence-electron chi connectivity index (χ1n) is 6.53. The fraction of sp³-hybridized carbons (Fsp3) is 0.692. The minimum absolute atomic E-state index is 0.0893. The first-order chi connectivity index (χ1) is 8.63. The number of rotatable bonds is 8. The second-order valence-corrected chi connectivity index (χ2v) is 4.34. The summed E-state index contributed by atoms with van der Waals surface area (Å²) in [5.74, 6) is -0.0893. The number of carbonyl (C=O) groups excluding carboxylic acids is 1. The number of ether oxygens (including phenoxy) is 1. The molecule has 0 aliphatic carbocycles. The molecule has 102 valence electrons. The lowest BCUT2D eigenvalue weighted by Crippen LogP contribution is -2.05. The predicted octanol–water partition coefficient (Wildman–Crippen LogP) is 2.26. The lowest BCUT2D eigenvalue weighted by atomic mass is 10.2. The molecule has 1 heterocycles. The first-order valence-corrected chi connectivity index (χ1v) is 6.53. The van der Waals surface area contributed by atoms with Crippen molar-refractivity contribution in [2.24, 2.45) is 7.05 Å². The lowest BCUT2D eigenvalue weighted by molar-refractivity contribution is -0.143. The third kappa shape index (κ3) is 5.21. The molecule has 0 saturated carbocycles. The second kappa shape index (κ2) is 7.74. The molecule has 5 heteroatoms. The van der Waals surface area contributed by atoms with E-state index in [4.69, 9.17) is 4.74 Å². The van der Waals surface area contributed by atoms with Crippen molar-refractivity contribution < 1.29 is 9.53 Å². The Morgan fingerprint density at radius 2 is 2.22 bits per heavy atom. The molecule has 0 bridgehead atoms. The van der Waals surface area contributed by atoms with Crippen LogP contribution in [-0.4, -0.2) is 28.9 Å². The highest BCUT2D eigenvalue weighted by molar-refractivity contribution is 5.69. The van der Waals surface area contributed by atoms with Gasteiger partial charge in [0.05, 0.1) is 18.0 Å². The van der Waals surface area contributed by atoms with E-state index in [1.807, 2.05) is 27.1 Å². The molecule has 0 fully saturated rings. The van der Waals surface area contributed by atoms with Gasteiger partial charge in [-0.3, -0.25) is 9.48 Å². The molecule has 0 atom stereocenters. The van der Waals surface area contributed by atoms with Crippen LogP contribution in [0.4, 0.5) is 5.69 Å². The smallest absolute Gasteiger partial charge is 0.305 e. The van der Waals surface area contributed by atoms with Crippen molar-refractivity contribution in [1.29, 1.82) is 0 Å². The number of aromatic nitrogens is 2. The summed E-state index contributed by atoms with van der Waals surface area (Å²) in [5.41, 5.74) is 2.10. The van der Waals surface area contributed by atoms with Crippen LogP contribution in [0, 0.1) is 6.92 Å². The van der Waals surface area contributed by atoms with Gasteiger partial charge < -0.3 is 10.1 Å². The number of nitrogens with one attached hydrogen (secondary N) is 1. The van der Waals surface area contributed by atoms with E-state index in [-0.39, 0.29) is 5.97 Å². The molecule has 5 nitrogen and oxygen atoms in total. The van der Waals surface area contributed by atoms with Crippen LogP contribution in [0.25, 0.3) is 0 Å². The number of anilines is 1. The standard InChI is InChI=1S/C13H23N3O2/c1-4-18-13(17)8-6-5-7-9-14-12-10-16(3)15-11(12)2/h10,14H,4-9H2,1-3H3. The van der Waals surface area contributed by atoms with Crippen molar-refractivity contribution in [3.8, 4) is 0 Å². The molecule has 0 aliphatic heterocycles. The zero-order valence-corrected chi connectivity index (χ0v) is 11.5. The number of nitrogens with zero attached hydrogens (tertiary/aromatic N) is 2. The average Bonchev–Trinajstić information content (AvgIpc) is 2.62. The average molecular weight is 253 g/mol. The summed E-state index contributed by atoms with van der Waals surface area (Å²) in [6.45, 7) is 5.21. The Morgan fingerprint density at radius 3 is 2.83 bits per heavy atom. The summed E-state index contributed by atoms with van der Waals surface area (Å²) < 4.78 is 6.67. The zero-order valence-electron chi connectivity index (χ0n) is 11.5. The van der Waals surface area contributed by atoms with Crippen molar-refractivity contribution in [3.63, 3.8) is 0 Å². The highest BCUT2D eigenvalue weighted by Gasteiger charge is 2.02. The number of hydrogen-bond donors (Lipinski definition) is 1. The van der Waals surface area contributed by atoms with Gasteiger partial charge in [0.1, 0.15) is 0 Å². The highest BCUT2D eigenvalue weighted by Crippen LogP contribution is 2.11. The molecular formula is C13H23N3O2. The molecule has 0 amide bonds. The largest absolute Gasteiger partial charge is 0.466 e. The summed E-state index contributed by atoms with van der Waals surface area (Å²) in [6.07, 6.45) is 5.49. The minimum Gasteiger partial charge on any atom is -0.466 e. The maximum absolute atomic E-state index is 11.1. The summed E-state index contributed by atoms with van der Waals surface area (Å²) in [7, 11) is 1.91. The van der Waals surface area contributed by atoms with Crippen LogP contribution >= 0.6 is 0 Å². The quantitative estimate of drug-likeness (QED) is 0.570. The summed E-state index contributed by atoms with van der Waals surface area (Å²) in [4.78, 5) is 11.1. The Hall–Kier alpha value is -1.52. The minimum atomic E-state index is -0.0893. The Bertz CT molecular complexity index is 374. The molecule has 1 aromatic rings. The number of esters is 1. The normalized spacial score (nSPS) is 10.4. The maximum Gasteiger partial charge on any atom is 0.305 e. The lowest BCUT2D eigenvalue weighted by Gasteiger charge is -2.04. The van der Waals surface area contributed by atoms with Gasteiger partial charge in [-0.1, -0.05) is 6.42 Å². The van der Waals surface area contributed by atoms with E-state index in [2.05, 4.69) is 10.4 Å². The van der Waals surface area contributed by atoms with Crippen LogP contribution in [0.1, 0.15) is 38.3 Å². The van der Waals surface area contributed by atoms with Gasteiger partial charge in [-0.15, -0.1) is 0 Å². The van der Waals surface area contributed by atoms with E-state index in [0.29, 0.717) is 13.0 Å². The molecule has 0 radical (unpaired) electrons. The second-order valence-electron chi connectivity index (χ2n) is 4.34. The Morgan fingerprint density at radius 1 is 1.44 bits per heavy atom. The molecule has 18 heavy (non-hydrogen) atoms. The first kappa shape index (κ1) is 14.5. The van der Waals surface area contributed by atoms with Crippen LogP contribution < -0.4 is 5.32 Å². The number of unbranched alkanes of at least 4 members (excludes halogenated alkanes) is 2. The van der Waals surface area contributed by atoms with Crippen molar-refractivity contribution in [3.05, 3.63) is 11.9 Å². The molecule has 0 saturated heterocycles. The van der Waals surface area contributed by atoms with E-state index < -0.39 is 0 Å². The summed E-state index contributed by atoms with van der Waals surface area (Å²) in [5, 5.41) is 7.61. The molecule has 0 aromatic carbocycles. The fourth-order valence-electron chi connectivity index (χ4n) is 1.80. The Labute approximate surface area is 109 Å². The van der Waals surface area contributed by atoms with E-state index >= 15 is 0 Å². The number of aryl methyl sites for hydroxylation is 2. The van der Waals surface area contributed by atoms with Crippen molar-refractivity contribution in [2.45, 2.75) is 39.5 Å². The third-order valence-electron chi connectivity index (χ3n) is 2.69. The molecule has 0 unspecified atom stereocenters. The summed E-state index contributed by atoms with van der Waals surface area (Å²) in [6, 6.07) is 0. The van der Waals surface area contributed by atoms with Gasteiger partial charge in [0.25, 0.3) is 0 Å². The molecule has 1 rings (SSSR count). The van der Waals surface area contributed by atoms with Crippen molar-refractivity contribution >= 4 is 11.7 Å². The van der Waals surface area contributed by atoms with E-state index in [1.165, 1.54) is 0 Å². The van der Waals surface area contributed by atoms with Crippen LogP contribution in [0.5, 0.6) is 0 Å². The van der Waals surface area contributed by atoms with Crippen LogP contribution in [0.15, 0.2) is 6.20 Å². The van der Waals surface area contributed by atoms with Gasteiger partial charge in [-0.25, -0.2) is 0 Å². The fourth-order valence-corrected chi connectivity index (χ4v) is 1.80. The van der Waals surface area contributed by atoms with Crippen LogP contribution in [0.3, 0.4) is 0 Å². The van der Waals surface area contributed by atoms with Gasteiger partial charge >= 0.3 is 5.97 Å². The molecular weight excluding hydrogens is 230 g/mol. The maximum atomic E-state index is 11.1. The Kier molecular flexibility index (Phi) is 6.25. The monoisotopic (exact) mass is 253 g/mol. The van der Waals surface area contributed by atoms with Gasteiger partial charge in [0, 0.05) is 26.2 Å². The SMILES string of the molecule is CCOC(=O)CCCCCNc1cn(C)nc1C. The van der Waals surface area contributed by atoms with Gasteiger partial charge in [0.2, 0.25) is 0 Å². The molecule has 0 spiro atoms. The van der Waals surface area contributed by atoms with Crippen molar-refractivity contribution in [2.75, 3.05) is 18.5 Å². The van der Waals surface area contributed by atoms with Gasteiger partial charge in [0.15, 0.2) is 0 Å². The topological polar surface area (TPSA) is 56.1 Å². The predicted molar refractivity (Wildman–Crippen MR) is 71.5 cm³/mol. The van der Waals surface area contributed by atoms with E-state index in [1.54, 1.807) is 4.68 Å². The van der Waals surface area contributed by atoms with Crippen LogP contribution in [0.2, 0.25) is 0 Å². The van der Waals surface area contributed by atoms with E-state index in [0.717, 1.165) is 37.2 Å². The van der Waals surface area contributed by atoms with Gasteiger partial charge in [-0.05, 0) is 26.7 Å². The van der Waals surface area contributed by atoms with E-state index in [9.17, 15) is 4.79 Å². The number of hydrogen-bond acceptors (Lipinski definition) is 4. The molecule has 0 aliphatic rings.